The molecule has 1 saturated heterocycles. The first-order valence-electron chi connectivity index (χ1n) is 9.07. The SMILES string of the molecule is CC(CC(=O)NCCCNC(=O)c1cccc(F)c1)C1CCCNC1.Cl. The first kappa shape index (κ1) is 22.4. The van der Waals surface area contributed by atoms with Crippen molar-refractivity contribution in [1.82, 2.24) is 16.0 Å². The minimum atomic E-state index is -0.429. The van der Waals surface area contributed by atoms with Crippen molar-refractivity contribution >= 4 is 24.2 Å². The van der Waals surface area contributed by atoms with Crippen molar-refractivity contribution in [1.29, 1.82) is 0 Å². The van der Waals surface area contributed by atoms with Crippen LogP contribution in [-0.2, 0) is 4.79 Å². The van der Waals surface area contributed by atoms with Crippen molar-refractivity contribution in [2.75, 3.05) is 26.2 Å². The van der Waals surface area contributed by atoms with Crippen LogP contribution in [0.25, 0.3) is 0 Å². The van der Waals surface area contributed by atoms with E-state index in [0.717, 1.165) is 13.1 Å². The highest BCUT2D eigenvalue weighted by Gasteiger charge is 2.21. The highest BCUT2D eigenvalue weighted by molar-refractivity contribution is 5.94. The molecule has 26 heavy (non-hydrogen) atoms. The van der Waals surface area contributed by atoms with Gasteiger partial charge in [0, 0.05) is 25.1 Å². The molecule has 146 valence electrons. The van der Waals surface area contributed by atoms with Crippen molar-refractivity contribution in [3.8, 4) is 0 Å². The molecule has 1 heterocycles. The summed E-state index contributed by atoms with van der Waals surface area (Å²) in [5.74, 6) is 0.284. The fraction of sp³-hybridized carbons (Fsp3) is 0.579. The molecule has 5 nitrogen and oxygen atoms in total. The van der Waals surface area contributed by atoms with Crippen molar-refractivity contribution in [2.24, 2.45) is 11.8 Å². The summed E-state index contributed by atoms with van der Waals surface area (Å²) in [4.78, 5) is 23.8. The number of rotatable bonds is 8. The molecule has 0 saturated carbocycles. The maximum absolute atomic E-state index is 13.1. The molecule has 1 aromatic rings. The highest BCUT2D eigenvalue weighted by atomic mass is 35.5. The van der Waals surface area contributed by atoms with Gasteiger partial charge in [-0.1, -0.05) is 13.0 Å². The molecule has 1 aliphatic rings. The molecular weight excluding hydrogens is 357 g/mol. The van der Waals surface area contributed by atoms with Crippen LogP contribution in [0, 0.1) is 17.7 Å². The van der Waals surface area contributed by atoms with Gasteiger partial charge in [0.1, 0.15) is 5.82 Å². The van der Waals surface area contributed by atoms with Crippen LogP contribution in [0.1, 0.15) is 43.0 Å². The van der Waals surface area contributed by atoms with Gasteiger partial charge in [-0.3, -0.25) is 9.59 Å². The predicted octanol–water partition coefficient (Wildman–Crippen LogP) is 2.51. The Labute approximate surface area is 160 Å². The largest absolute Gasteiger partial charge is 0.356 e. The second-order valence-corrected chi connectivity index (χ2v) is 6.76. The third-order valence-corrected chi connectivity index (χ3v) is 4.70. The maximum atomic E-state index is 13.1. The number of halogens is 2. The van der Waals surface area contributed by atoms with E-state index in [4.69, 9.17) is 0 Å². The van der Waals surface area contributed by atoms with E-state index in [1.165, 1.54) is 31.0 Å². The molecule has 0 aliphatic carbocycles. The Kier molecular flexibility index (Phi) is 10.2. The minimum Gasteiger partial charge on any atom is -0.356 e. The van der Waals surface area contributed by atoms with Gasteiger partial charge in [0.2, 0.25) is 5.91 Å². The van der Waals surface area contributed by atoms with Gasteiger partial charge in [-0.2, -0.15) is 0 Å². The van der Waals surface area contributed by atoms with Gasteiger partial charge >= 0.3 is 0 Å². The van der Waals surface area contributed by atoms with Crippen LogP contribution in [0.15, 0.2) is 24.3 Å². The van der Waals surface area contributed by atoms with Gasteiger partial charge < -0.3 is 16.0 Å². The van der Waals surface area contributed by atoms with E-state index < -0.39 is 5.82 Å². The van der Waals surface area contributed by atoms with E-state index >= 15 is 0 Å². The summed E-state index contributed by atoms with van der Waals surface area (Å²) in [5, 5.41) is 9.01. The Morgan fingerprint density at radius 1 is 1.31 bits per heavy atom. The summed E-state index contributed by atoms with van der Waals surface area (Å²) in [6.07, 6.45) is 3.56. The molecule has 0 radical (unpaired) electrons. The van der Waals surface area contributed by atoms with Gasteiger partial charge in [0.05, 0.1) is 0 Å². The lowest BCUT2D eigenvalue weighted by Gasteiger charge is -2.28. The summed E-state index contributed by atoms with van der Waals surface area (Å²) in [5.41, 5.74) is 0.305. The Morgan fingerprint density at radius 3 is 2.77 bits per heavy atom. The quantitative estimate of drug-likeness (QED) is 0.602. The lowest BCUT2D eigenvalue weighted by atomic mass is 9.85. The van der Waals surface area contributed by atoms with E-state index in [1.54, 1.807) is 6.07 Å². The standard InChI is InChI=1S/C19H28FN3O2.ClH/c1-14(16-6-3-8-21-13-16)11-18(24)22-9-4-10-23-19(25)15-5-2-7-17(20)12-15;/h2,5,7,12,14,16,21H,3-4,6,8-11,13H2,1H3,(H,22,24)(H,23,25);1H. The number of carbonyl (C=O) groups excluding carboxylic acids is 2. The molecule has 1 fully saturated rings. The smallest absolute Gasteiger partial charge is 0.251 e. The van der Waals surface area contributed by atoms with E-state index in [9.17, 15) is 14.0 Å². The van der Waals surface area contributed by atoms with Crippen LogP contribution >= 0.6 is 12.4 Å². The van der Waals surface area contributed by atoms with Gasteiger partial charge in [0.15, 0.2) is 0 Å². The molecule has 2 rings (SSSR count). The monoisotopic (exact) mass is 385 g/mol. The summed E-state index contributed by atoms with van der Waals surface area (Å²) in [6.45, 7) is 5.18. The fourth-order valence-electron chi connectivity index (χ4n) is 3.15. The zero-order valence-corrected chi connectivity index (χ0v) is 16.0. The number of nitrogens with one attached hydrogen (secondary N) is 3. The third-order valence-electron chi connectivity index (χ3n) is 4.70. The molecule has 0 bridgehead atoms. The molecular formula is C19H29ClFN3O2. The first-order valence-corrected chi connectivity index (χ1v) is 9.07. The molecule has 2 atom stereocenters. The molecule has 2 unspecified atom stereocenters. The number of amides is 2. The van der Waals surface area contributed by atoms with Gasteiger partial charge in [-0.05, 0) is 62.4 Å². The van der Waals surface area contributed by atoms with Crippen LogP contribution in [0.5, 0.6) is 0 Å². The number of benzene rings is 1. The summed E-state index contributed by atoms with van der Waals surface area (Å²) < 4.78 is 13.1. The molecule has 0 spiro atoms. The Balaban J connectivity index is 0.00000338. The zero-order valence-electron chi connectivity index (χ0n) is 15.2. The fourth-order valence-corrected chi connectivity index (χ4v) is 3.15. The average Bonchev–Trinajstić information content (AvgIpc) is 2.62. The third kappa shape index (κ3) is 7.70. The summed E-state index contributed by atoms with van der Waals surface area (Å²) in [7, 11) is 0. The van der Waals surface area contributed by atoms with Crippen LogP contribution in [0.3, 0.4) is 0 Å². The lowest BCUT2D eigenvalue weighted by Crippen LogP contribution is -2.36. The van der Waals surface area contributed by atoms with Crippen LogP contribution in [0.2, 0.25) is 0 Å². The van der Waals surface area contributed by atoms with E-state index in [2.05, 4.69) is 22.9 Å². The molecule has 0 aromatic heterocycles. The van der Waals surface area contributed by atoms with Crippen LogP contribution in [0.4, 0.5) is 4.39 Å². The predicted molar refractivity (Wildman–Crippen MR) is 103 cm³/mol. The zero-order chi connectivity index (χ0) is 18.1. The lowest BCUT2D eigenvalue weighted by molar-refractivity contribution is -0.122. The molecule has 7 heteroatoms. The minimum absolute atomic E-state index is 0. The Morgan fingerprint density at radius 2 is 2.08 bits per heavy atom. The molecule has 2 amide bonds. The van der Waals surface area contributed by atoms with Gasteiger partial charge in [0.25, 0.3) is 5.91 Å². The number of carbonyl (C=O) groups is 2. The van der Waals surface area contributed by atoms with Gasteiger partial charge in [-0.15, -0.1) is 12.4 Å². The highest BCUT2D eigenvalue weighted by Crippen LogP contribution is 2.22. The second-order valence-electron chi connectivity index (χ2n) is 6.76. The van der Waals surface area contributed by atoms with Crippen LogP contribution in [-0.4, -0.2) is 38.0 Å². The van der Waals surface area contributed by atoms with Crippen molar-refractivity contribution in [3.05, 3.63) is 35.6 Å². The second kappa shape index (κ2) is 11.9. The Bertz CT molecular complexity index is 580. The molecule has 1 aliphatic heterocycles. The normalized spacial score (nSPS) is 17.7. The summed E-state index contributed by atoms with van der Waals surface area (Å²) in [6, 6.07) is 5.59. The molecule has 3 N–H and O–H groups in total. The average molecular weight is 386 g/mol. The summed E-state index contributed by atoms with van der Waals surface area (Å²) >= 11 is 0. The van der Waals surface area contributed by atoms with Crippen molar-refractivity contribution in [2.45, 2.75) is 32.6 Å². The van der Waals surface area contributed by atoms with Gasteiger partial charge in [-0.25, -0.2) is 4.39 Å². The maximum Gasteiger partial charge on any atom is 0.251 e. The number of piperidine rings is 1. The van der Waals surface area contributed by atoms with Crippen molar-refractivity contribution in [3.63, 3.8) is 0 Å². The molecule has 1 aromatic carbocycles. The van der Waals surface area contributed by atoms with E-state index in [-0.39, 0.29) is 24.2 Å². The van der Waals surface area contributed by atoms with E-state index in [0.29, 0.717) is 43.3 Å². The Hall–Kier alpha value is -1.66. The first-order chi connectivity index (χ1) is 12.1. The van der Waals surface area contributed by atoms with E-state index in [1.807, 2.05) is 0 Å². The van der Waals surface area contributed by atoms with Crippen LogP contribution < -0.4 is 16.0 Å². The topological polar surface area (TPSA) is 70.2 Å². The van der Waals surface area contributed by atoms with Crippen molar-refractivity contribution < 1.29 is 14.0 Å². The number of hydrogen-bond acceptors (Lipinski definition) is 3. The number of hydrogen-bond donors (Lipinski definition) is 3.